The van der Waals surface area contributed by atoms with Gasteiger partial charge in [-0.3, -0.25) is 4.68 Å². The Morgan fingerprint density at radius 2 is 2.30 bits per heavy atom. The van der Waals surface area contributed by atoms with Crippen LogP contribution in [0.25, 0.3) is 11.1 Å². The van der Waals surface area contributed by atoms with Crippen LogP contribution in [0, 0.1) is 0 Å². The lowest BCUT2D eigenvalue weighted by atomic mass is 10.0. The Kier molecular flexibility index (Phi) is 3.57. The molecule has 0 amide bonds. The molecule has 0 bridgehead atoms. The van der Waals surface area contributed by atoms with Crippen LogP contribution < -0.4 is 5.32 Å². The first-order valence-electron chi connectivity index (χ1n) is 8.03. The lowest BCUT2D eigenvalue weighted by Crippen LogP contribution is -2.08. The van der Waals surface area contributed by atoms with Gasteiger partial charge in [0.25, 0.3) is 0 Å². The van der Waals surface area contributed by atoms with Gasteiger partial charge in [0.15, 0.2) is 0 Å². The van der Waals surface area contributed by atoms with Crippen LogP contribution in [0.2, 0.25) is 0 Å². The van der Waals surface area contributed by atoms with Crippen LogP contribution in [0.4, 0.5) is 5.82 Å². The summed E-state index contributed by atoms with van der Waals surface area (Å²) in [5.74, 6) is 1.02. The summed E-state index contributed by atoms with van der Waals surface area (Å²) in [4.78, 5) is 8.48. The Hall–Kier alpha value is -2.63. The van der Waals surface area contributed by atoms with Crippen molar-refractivity contribution in [3.8, 4) is 11.1 Å². The van der Waals surface area contributed by atoms with Crippen molar-refractivity contribution in [2.24, 2.45) is 0 Å². The molecule has 3 aromatic rings. The third-order valence-electron chi connectivity index (χ3n) is 4.45. The van der Waals surface area contributed by atoms with Gasteiger partial charge in [0.2, 0.25) is 0 Å². The van der Waals surface area contributed by atoms with E-state index >= 15 is 0 Å². The fraction of sp³-hybridized carbons (Fsp3) is 0.353. The third-order valence-corrected chi connectivity index (χ3v) is 4.45. The molecule has 4 heterocycles. The predicted octanol–water partition coefficient (Wildman–Crippen LogP) is 2.76. The minimum Gasteiger partial charge on any atom is -0.369 e. The maximum atomic E-state index is 4.57. The Balaban J connectivity index is 1.51. The van der Waals surface area contributed by atoms with Crippen LogP contribution in [-0.4, -0.2) is 30.9 Å². The van der Waals surface area contributed by atoms with Crippen molar-refractivity contribution < 1.29 is 0 Å². The molecule has 6 nitrogen and oxygen atoms in total. The number of fused-ring (bicyclic) bond motifs is 1. The van der Waals surface area contributed by atoms with Crippen molar-refractivity contribution in [1.29, 1.82) is 0 Å². The fourth-order valence-corrected chi connectivity index (χ4v) is 3.08. The standard InChI is InChI=1S/C17H20N6/c1-13(4-8-22-9-7-18-12-22)23-11-14(10-21-23)15-2-5-19-17-16(15)3-6-20-17/h2,5,7,9-13H,3-4,6,8H2,1H3,(H,19,20). The summed E-state index contributed by atoms with van der Waals surface area (Å²) in [7, 11) is 0. The summed E-state index contributed by atoms with van der Waals surface area (Å²) in [6.45, 7) is 4.12. The van der Waals surface area contributed by atoms with Gasteiger partial charge in [-0.2, -0.15) is 5.10 Å². The number of pyridine rings is 1. The molecule has 1 atom stereocenters. The van der Waals surface area contributed by atoms with E-state index in [1.807, 2.05) is 31.1 Å². The van der Waals surface area contributed by atoms with Crippen LogP contribution in [0.1, 0.15) is 24.9 Å². The van der Waals surface area contributed by atoms with Crippen molar-refractivity contribution in [2.75, 3.05) is 11.9 Å². The largest absolute Gasteiger partial charge is 0.369 e. The number of nitrogens with one attached hydrogen (secondary N) is 1. The van der Waals surface area contributed by atoms with Crippen molar-refractivity contribution in [1.82, 2.24) is 24.3 Å². The Bertz CT molecular complexity index is 789. The highest BCUT2D eigenvalue weighted by Gasteiger charge is 2.17. The monoisotopic (exact) mass is 308 g/mol. The predicted molar refractivity (Wildman–Crippen MR) is 89.2 cm³/mol. The van der Waals surface area contributed by atoms with E-state index < -0.39 is 0 Å². The van der Waals surface area contributed by atoms with Gasteiger partial charge in [0, 0.05) is 49.0 Å². The summed E-state index contributed by atoms with van der Waals surface area (Å²) >= 11 is 0. The van der Waals surface area contributed by atoms with Gasteiger partial charge in [0.1, 0.15) is 5.82 Å². The SMILES string of the molecule is CC(CCn1ccnc1)n1cc(-c2ccnc3c2CCN3)cn1. The molecule has 0 spiro atoms. The molecule has 0 radical (unpaired) electrons. The molecule has 6 heteroatoms. The minimum absolute atomic E-state index is 0.346. The van der Waals surface area contributed by atoms with Gasteiger partial charge in [-0.05, 0) is 31.4 Å². The lowest BCUT2D eigenvalue weighted by molar-refractivity contribution is 0.428. The van der Waals surface area contributed by atoms with Crippen molar-refractivity contribution >= 4 is 5.82 Å². The van der Waals surface area contributed by atoms with Crippen LogP contribution in [0.15, 0.2) is 43.4 Å². The van der Waals surface area contributed by atoms with E-state index in [0.29, 0.717) is 6.04 Å². The highest BCUT2D eigenvalue weighted by Crippen LogP contribution is 2.31. The third kappa shape index (κ3) is 2.72. The zero-order valence-corrected chi connectivity index (χ0v) is 13.2. The summed E-state index contributed by atoms with van der Waals surface area (Å²) < 4.78 is 4.16. The number of nitrogens with zero attached hydrogens (tertiary/aromatic N) is 5. The zero-order valence-electron chi connectivity index (χ0n) is 13.2. The molecule has 0 saturated carbocycles. The molecule has 118 valence electrons. The van der Waals surface area contributed by atoms with E-state index in [2.05, 4.69) is 48.8 Å². The van der Waals surface area contributed by atoms with E-state index in [9.17, 15) is 0 Å². The number of aromatic nitrogens is 5. The van der Waals surface area contributed by atoms with Crippen LogP contribution >= 0.6 is 0 Å². The van der Waals surface area contributed by atoms with E-state index in [1.54, 1.807) is 0 Å². The van der Waals surface area contributed by atoms with Gasteiger partial charge >= 0.3 is 0 Å². The Labute approximate surface area is 135 Å². The van der Waals surface area contributed by atoms with Gasteiger partial charge in [-0.1, -0.05) is 0 Å². The van der Waals surface area contributed by atoms with E-state index in [0.717, 1.165) is 31.7 Å². The number of hydrogen-bond acceptors (Lipinski definition) is 4. The molecule has 1 aliphatic heterocycles. The van der Waals surface area contributed by atoms with Crippen molar-refractivity contribution in [3.63, 3.8) is 0 Å². The van der Waals surface area contributed by atoms with Crippen LogP contribution in [-0.2, 0) is 13.0 Å². The van der Waals surface area contributed by atoms with Gasteiger partial charge in [-0.25, -0.2) is 9.97 Å². The Morgan fingerprint density at radius 1 is 1.35 bits per heavy atom. The normalized spacial score (nSPS) is 14.5. The first-order valence-corrected chi connectivity index (χ1v) is 8.03. The highest BCUT2D eigenvalue weighted by molar-refractivity contribution is 5.72. The number of rotatable bonds is 5. The molecule has 4 rings (SSSR count). The second-order valence-electron chi connectivity index (χ2n) is 6.01. The molecule has 23 heavy (non-hydrogen) atoms. The van der Waals surface area contributed by atoms with Crippen molar-refractivity contribution in [3.05, 3.63) is 48.9 Å². The zero-order chi connectivity index (χ0) is 15.6. The summed E-state index contributed by atoms with van der Waals surface area (Å²) in [5, 5.41) is 7.90. The van der Waals surface area contributed by atoms with Crippen molar-refractivity contribution in [2.45, 2.75) is 32.4 Å². The van der Waals surface area contributed by atoms with E-state index in [1.165, 1.54) is 16.7 Å². The molecule has 3 aromatic heterocycles. The average molecular weight is 308 g/mol. The molecule has 0 aliphatic carbocycles. The first kappa shape index (κ1) is 14.0. The summed E-state index contributed by atoms with van der Waals surface area (Å²) in [6.07, 6.45) is 13.7. The van der Waals surface area contributed by atoms with Crippen LogP contribution in [0.3, 0.4) is 0 Å². The molecular formula is C17H20N6. The smallest absolute Gasteiger partial charge is 0.129 e. The lowest BCUT2D eigenvalue weighted by Gasteiger charge is -2.12. The molecule has 0 fully saturated rings. The Morgan fingerprint density at radius 3 is 3.17 bits per heavy atom. The number of imidazole rings is 1. The molecule has 0 aromatic carbocycles. The fourth-order valence-electron chi connectivity index (χ4n) is 3.08. The van der Waals surface area contributed by atoms with Gasteiger partial charge in [0.05, 0.1) is 18.6 Å². The average Bonchev–Trinajstić information content (AvgIpc) is 3.32. The molecule has 0 saturated heterocycles. The molecule has 1 unspecified atom stereocenters. The van der Waals surface area contributed by atoms with Gasteiger partial charge in [-0.15, -0.1) is 0 Å². The maximum absolute atomic E-state index is 4.57. The number of aryl methyl sites for hydroxylation is 1. The topological polar surface area (TPSA) is 60.6 Å². The summed E-state index contributed by atoms with van der Waals surface area (Å²) in [6, 6.07) is 2.43. The number of hydrogen-bond donors (Lipinski definition) is 1. The maximum Gasteiger partial charge on any atom is 0.129 e. The molecule has 1 N–H and O–H groups in total. The molecule has 1 aliphatic rings. The van der Waals surface area contributed by atoms with E-state index in [-0.39, 0.29) is 0 Å². The van der Waals surface area contributed by atoms with Gasteiger partial charge < -0.3 is 9.88 Å². The van der Waals surface area contributed by atoms with Crippen LogP contribution in [0.5, 0.6) is 0 Å². The number of anilines is 1. The second kappa shape index (κ2) is 5.87. The van der Waals surface area contributed by atoms with E-state index in [4.69, 9.17) is 0 Å². The second-order valence-corrected chi connectivity index (χ2v) is 6.01. The first-order chi connectivity index (χ1) is 11.3. The summed E-state index contributed by atoms with van der Waals surface area (Å²) in [5.41, 5.74) is 3.72. The minimum atomic E-state index is 0.346. The molecular weight excluding hydrogens is 288 g/mol. The quantitative estimate of drug-likeness (QED) is 0.787. The highest BCUT2D eigenvalue weighted by atomic mass is 15.3.